The molecule has 13 heavy (non-hydrogen) atoms. The highest BCUT2D eigenvalue weighted by molar-refractivity contribution is 5.85. The van der Waals surface area contributed by atoms with Crippen LogP contribution in [0, 0.1) is 5.82 Å². The second kappa shape index (κ2) is 5.17. The molecule has 0 amide bonds. The minimum Gasteiger partial charge on any atom is -0.391 e. The Balaban J connectivity index is 0.00000144. The standard InChI is InChI=1S/C9H12FNO.ClH/c1-6(12)9(11)7-4-2-3-5-8(7)10;/h2-6,9,12H,11H2,1H3;1H/t6-,9-;/m1./s1. The summed E-state index contributed by atoms with van der Waals surface area (Å²) in [6.45, 7) is 1.54. The van der Waals surface area contributed by atoms with Gasteiger partial charge >= 0.3 is 0 Å². The largest absolute Gasteiger partial charge is 0.391 e. The lowest BCUT2D eigenvalue weighted by molar-refractivity contribution is 0.162. The summed E-state index contributed by atoms with van der Waals surface area (Å²) in [5.41, 5.74) is 5.90. The van der Waals surface area contributed by atoms with Crippen molar-refractivity contribution in [3.8, 4) is 0 Å². The highest BCUT2D eigenvalue weighted by Gasteiger charge is 2.14. The predicted molar refractivity (Wildman–Crippen MR) is 52.3 cm³/mol. The summed E-state index contributed by atoms with van der Waals surface area (Å²) in [6, 6.07) is 5.55. The van der Waals surface area contributed by atoms with Gasteiger partial charge in [-0.2, -0.15) is 0 Å². The molecule has 0 aliphatic carbocycles. The number of aliphatic hydroxyl groups is 1. The lowest BCUT2D eigenvalue weighted by Gasteiger charge is -2.15. The summed E-state index contributed by atoms with van der Waals surface area (Å²) < 4.78 is 13.0. The number of rotatable bonds is 2. The summed E-state index contributed by atoms with van der Waals surface area (Å²) in [7, 11) is 0. The fourth-order valence-electron chi connectivity index (χ4n) is 1.01. The lowest BCUT2D eigenvalue weighted by atomic mass is 10.0. The smallest absolute Gasteiger partial charge is 0.128 e. The Kier molecular flexibility index (Phi) is 4.91. The highest BCUT2D eigenvalue weighted by atomic mass is 35.5. The summed E-state index contributed by atoms with van der Waals surface area (Å²) in [4.78, 5) is 0. The van der Waals surface area contributed by atoms with Gasteiger partial charge in [-0.1, -0.05) is 18.2 Å². The van der Waals surface area contributed by atoms with Crippen LogP contribution in [0.4, 0.5) is 4.39 Å². The molecule has 0 aliphatic heterocycles. The summed E-state index contributed by atoms with van der Waals surface area (Å²) in [5.74, 6) is -0.370. The number of benzene rings is 1. The molecule has 2 atom stereocenters. The Morgan fingerprint density at radius 3 is 2.38 bits per heavy atom. The molecule has 1 aromatic rings. The van der Waals surface area contributed by atoms with Crippen molar-refractivity contribution in [2.24, 2.45) is 5.73 Å². The van der Waals surface area contributed by atoms with Crippen LogP contribution in [0.5, 0.6) is 0 Å². The molecule has 0 aromatic heterocycles. The normalized spacial score (nSPS) is 14.5. The Labute approximate surface area is 83.0 Å². The molecule has 2 nitrogen and oxygen atoms in total. The lowest BCUT2D eigenvalue weighted by Crippen LogP contribution is -2.24. The minimum atomic E-state index is -0.734. The van der Waals surface area contributed by atoms with Crippen molar-refractivity contribution in [3.63, 3.8) is 0 Å². The number of hydrogen-bond donors (Lipinski definition) is 2. The number of hydrogen-bond acceptors (Lipinski definition) is 2. The van der Waals surface area contributed by atoms with Gasteiger partial charge in [0.1, 0.15) is 5.82 Å². The number of nitrogens with two attached hydrogens (primary N) is 1. The van der Waals surface area contributed by atoms with Gasteiger partial charge in [-0.15, -0.1) is 12.4 Å². The minimum absolute atomic E-state index is 0. The van der Waals surface area contributed by atoms with E-state index < -0.39 is 12.1 Å². The Bertz CT molecular complexity index is 268. The SMILES string of the molecule is C[C@@H](O)[C@@H](N)c1ccccc1F.Cl. The molecule has 3 N–H and O–H groups in total. The van der Waals surface area contributed by atoms with Crippen LogP contribution in [0.25, 0.3) is 0 Å². The van der Waals surface area contributed by atoms with Crippen LogP contribution in [-0.4, -0.2) is 11.2 Å². The second-order valence-corrected chi connectivity index (χ2v) is 2.79. The van der Waals surface area contributed by atoms with Gasteiger partial charge in [0.2, 0.25) is 0 Å². The quantitative estimate of drug-likeness (QED) is 0.771. The van der Waals surface area contributed by atoms with Crippen molar-refractivity contribution >= 4 is 12.4 Å². The zero-order valence-corrected chi connectivity index (χ0v) is 8.09. The van der Waals surface area contributed by atoms with Crippen molar-refractivity contribution in [1.29, 1.82) is 0 Å². The van der Waals surface area contributed by atoms with Gasteiger partial charge in [0, 0.05) is 5.56 Å². The van der Waals surface area contributed by atoms with Gasteiger partial charge in [-0.25, -0.2) is 4.39 Å². The van der Waals surface area contributed by atoms with E-state index in [1.54, 1.807) is 18.2 Å². The fourth-order valence-corrected chi connectivity index (χ4v) is 1.01. The van der Waals surface area contributed by atoms with Crippen LogP contribution in [0.2, 0.25) is 0 Å². The first-order valence-electron chi connectivity index (χ1n) is 3.81. The van der Waals surface area contributed by atoms with Crippen LogP contribution >= 0.6 is 12.4 Å². The molecule has 0 spiro atoms. The van der Waals surface area contributed by atoms with Crippen LogP contribution < -0.4 is 5.73 Å². The number of aliphatic hydroxyl groups excluding tert-OH is 1. The first kappa shape index (κ1) is 12.4. The molecule has 0 saturated heterocycles. The maximum Gasteiger partial charge on any atom is 0.128 e. The van der Waals surface area contributed by atoms with Crippen molar-refractivity contribution in [2.75, 3.05) is 0 Å². The van der Waals surface area contributed by atoms with E-state index in [-0.39, 0.29) is 18.2 Å². The summed E-state index contributed by atoms with van der Waals surface area (Å²) in [5, 5.41) is 9.11. The Morgan fingerprint density at radius 1 is 1.38 bits per heavy atom. The molecule has 0 aliphatic rings. The second-order valence-electron chi connectivity index (χ2n) is 2.79. The monoisotopic (exact) mass is 205 g/mol. The zero-order valence-electron chi connectivity index (χ0n) is 7.27. The Hall–Kier alpha value is -0.640. The molecule has 0 heterocycles. The van der Waals surface area contributed by atoms with Crippen LogP contribution in [0.15, 0.2) is 24.3 Å². The highest BCUT2D eigenvalue weighted by Crippen LogP contribution is 2.16. The fraction of sp³-hybridized carbons (Fsp3) is 0.333. The van der Waals surface area contributed by atoms with Crippen molar-refractivity contribution in [2.45, 2.75) is 19.1 Å². The molecule has 0 saturated carbocycles. The van der Waals surface area contributed by atoms with Gasteiger partial charge in [-0.3, -0.25) is 0 Å². The van der Waals surface area contributed by atoms with E-state index in [2.05, 4.69) is 0 Å². The molecule has 0 radical (unpaired) electrons. The van der Waals surface area contributed by atoms with E-state index in [1.165, 1.54) is 13.0 Å². The van der Waals surface area contributed by atoms with E-state index in [9.17, 15) is 4.39 Å². The average molecular weight is 206 g/mol. The van der Waals surface area contributed by atoms with E-state index in [0.717, 1.165) is 0 Å². The van der Waals surface area contributed by atoms with E-state index in [4.69, 9.17) is 10.8 Å². The molecular formula is C9H13ClFNO. The maximum atomic E-state index is 13.0. The van der Waals surface area contributed by atoms with E-state index in [0.29, 0.717) is 5.56 Å². The average Bonchev–Trinajstić information content (AvgIpc) is 2.04. The van der Waals surface area contributed by atoms with Crippen LogP contribution in [-0.2, 0) is 0 Å². The third-order valence-electron chi connectivity index (χ3n) is 1.78. The molecular weight excluding hydrogens is 193 g/mol. The van der Waals surface area contributed by atoms with Gasteiger partial charge in [0.25, 0.3) is 0 Å². The van der Waals surface area contributed by atoms with Crippen molar-refractivity contribution in [3.05, 3.63) is 35.6 Å². The van der Waals surface area contributed by atoms with Gasteiger partial charge < -0.3 is 10.8 Å². The Morgan fingerprint density at radius 2 is 1.92 bits per heavy atom. The van der Waals surface area contributed by atoms with E-state index in [1.807, 2.05) is 0 Å². The molecule has 0 fully saturated rings. The zero-order chi connectivity index (χ0) is 9.14. The molecule has 1 aromatic carbocycles. The summed E-state index contributed by atoms with van der Waals surface area (Å²) in [6.07, 6.45) is -0.734. The third kappa shape index (κ3) is 2.95. The molecule has 0 unspecified atom stereocenters. The molecule has 74 valence electrons. The van der Waals surface area contributed by atoms with E-state index >= 15 is 0 Å². The van der Waals surface area contributed by atoms with Crippen LogP contribution in [0.3, 0.4) is 0 Å². The third-order valence-corrected chi connectivity index (χ3v) is 1.78. The van der Waals surface area contributed by atoms with Gasteiger partial charge in [0.15, 0.2) is 0 Å². The summed E-state index contributed by atoms with van der Waals surface area (Å²) >= 11 is 0. The van der Waals surface area contributed by atoms with Gasteiger partial charge in [0.05, 0.1) is 12.1 Å². The van der Waals surface area contributed by atoms with Crippen molar-refractivity contribution < 1.29 is 9.50 Å². The van der Waals surface area contributed by atoms with Crippen molar-refractivity contribution in [1.82, 2.24) is 0 Å². The molecule has 4 heteroatoms. The molecule has 0 bridgehead atoms. The molecule has 1 rings (SSSR count). The van der Waals surface area contributed by atoms with Crippen LogP contribution in [0.1, 0.15) is 18.5 Å². The maximum absolute atomic E-state index is 13.0. The predicted octanol–water partition coefficient (Wildman–Crippen LogP) is 1.63. The first-order chi connectivity index (χ1) is 5.63. The van der Waals surface area contributed by atoms with Gasteiger partial charge in [-0.05, 0) is 13.0 Å². The topological polar surface area (TPSA) is 46.2 Å². The first-order valence-corrected chi connectivity index (χ1v) is 3.81. The number of halogens is 2.